The van der Waals surface area contributed by atoms with E-state index in [0.29, 0.717) is 29.4 Å². The summed E-state index contributed by atoms with van der Waals surface area (Å²) in [6.07, 6.45) is 2.21. The van der Waals surface area contributed by atoms with E-state index in [0.717, 1.165) is 6.42 Å². The van der Waals surface area contributed by atoms with Crippen LogP contribution in [0.4, 0.5) is 5.69 Å². The van der Waals surface area contributed by atoms with Crippen molar-refractivity contribution in [3.8, 4) is 23.0 Å². The Morgan fingerprint density at radius 3 is 2.41 bits per heavy atom. The van der Waals surface area contributed by atoms with Crippen molar-refractivity contribution in [1.29, 1.82) is 0 Å². The monoisotopic (exact) mass is 474 g/mol. The number of rotatable bonds is 7. The van der Waals surface area contributed by atoms with E-state index in [-0.39, 0.29) is 22.2 Å². The minimum atomic E-state index is -0.598. The van der Waals surface area contributed by atoms with Gasteiger partial charge in [-0.15, -0.1) is 0 Å². The Hall–Kier alpha value is -4.17. The van der Waals surface area contributed by atoms with Gasteiger partial charge in [0.05, 0.1) is 12.3 Å². The Labute approximate surface area is 202 Å². The minimum absolute atomic E-state index is 0.0125. The third kappa shape index (κ3) is 5.07. The highest BCUT2D eigenvalue weighted by Gasteiger charge is 2.34. The maximum atomic E-state index is 13.2. The third-order valence-corrected chi connectivity index (χ3v) is 5.22. The second-order valence-corrected chi connectivity index (χ2v) is 7.83. The van der Waals surface area contributed by atoms with E-state index >= 15 is 0 Å². The number of anilines is 1. The molecule has 1 aliphatic heterocycles. The molecule has 3 aromatic carbocycles. The van der Waals surface area contributed by atoms with Crippen LogP contribution in [0.5, 0.6) is 23.0 Å². The van der Waals surface area contributed by atoms with Gasteiger partial charge in [0.15, 0.2) is 16.6 Å². The number of carbonyl (C=O) groups is 2. The van der Waals surface area contributed by atoms with Gasteiger partial charge in [-0.05, 0) is 78.8 Å². The summed E-state index contributed by atoms with van der Waals surface area (Å²) in [7, 11) is 0. The predicted octanol–water partition coefficient (Wildman–Crippen LogP) is 4.80. The van der Waals surface area contributed by atoms with Gasteiger partial charge in [-0.3, -0.25) is 19.8 Å². The first-order valence-electron chi connectivity index (χ1n) is 10.7. The molecule has 8 heteroatoms. The zero-order valence-electron chi connectivity index (χ0n) is 18.4. The van der Waals surface area contributed by atoms with Crippen molar-refractivity contribution in [1.82, 2.24) is 5.32 Å². The highest BCUT2D eigenvalue weighted by Crippen LogP contribution is 2.30. The van der Waals surface area contributed by atoms with E-state index < -0.39 is 11.8 Å². The third-order valence-electron chi connectivity index (χ3n) is 4.93. The van der Waals surface area contributed by atoms with Gasteiger partial charge >= 0.3 is 0 Å². The van der Waals surface area contributed by atoms with Crippen LogP contribution in [-0.2, 0) is 9.59 Å². The van der Waals surface area contributed by atoms with Crippen LogP contribution in [0.3, 0.4) is 0 Å². The molecule has 0 aromatic heterocycles. The SMILES string of the molecule is CCCOc1cc(/C=C2\C(=O)NC(=S)N(c3ccc(Oc4ccccc4)cc3)C2=O)ccc1O. The zero-order chi connectivity index (χ0) is 24.1. The fourth-order valence-corrected chi connectivity index (χ4v) is 3.58. The number of nitrogens with zero attached hydrogens (tertiary/aromatic N) is 1. The molecule has 2 amide bonds. The molecule has 1 aliphatic rings. The highest BCUT2D eigenvalue weighted by atomic mass is 32.1. The lowest BCUT2D eigenvalue weighted by Crippen LogP contribution is -2.54. The van der Waals surface area contributed by atoms with Gasteiger partial charge in [0.1, 0.15) is 17.1 Å². The fourth-order valence-electron chi connectivity index (χ4n) is 3.29. The molecule has 3 aromatic rings. The molecule has 7 nitrogen and oxygen atoms in total. The second-order valence-electron chi connectivity index (χ2n) is 7.44. The van der Waals surface area contributed by atoms with Crippen LogP contribution in [0.2, 0.25) is 0 Å². The summed E-state index contributed by atoms with van der Waals surface area (Å²) in [5, 5.41) is 12.5. The van der Waals surface area contributed by atoms with Gasteiger partial charge in [0.2, 0.25) is 0 Å². The quantitative estimate of drug-likeness (QED) is 0.290. The first kappa shape index (κ1) is 23.0. The van der Waals surface area contributed by atoms with Crippen LogP contribution in [-0.4, -0.2) is 28.6 Å². The minimum Gasteiger partial charge on any atom is -0.504 e. The van der Waals surface area contributed by atoms with Crippen LogP contribution in [0.1, 0.15) is 18.9 Å². The number of hydrogen-bond donors (Lipinski definition) is 2. The van der Waals surface area contributed by atoms with E-state index in [1.807, 2.05) is 37.3 Å². The molecule has 1 fully saturated rings. The van der Waals surface area contributed by atoms with Crippen molar-refractivity contribution in [2.24, 2.45) is 0 Å². The summed E-state index contributed by atoms with van der Waals surface area (Å²) < 4.78 is 11.3. The largest absolute Gasteiger partial charge is 0.504 e. The van der Waals surface area contributed by atoms with E-state index in [9.17, 15) is 14.7 Å². The Morgan fingerprint density at radius 1 is 1.00 bits per heavy atom. The van der Waals surface area contributed by atoms with Crippen LogP contribution >= 0.6 is 12.2 Å². The number of phenolic OH excluding ortho intramolecular Hbond substituents is 1. The molecule has 0 saturated carbocycles. The summed E-state index contributed by atoms with van der Waals surface area (Å²) in [5.41, 5.74) is 0.922. The van der Waals surface area contributed by atoms with Crippen molar-refractivity contribution in [2.75, 3.05) is 11.5 Å². The predicted molar refractivity (Wildman–Crippen MR) is 133 cm³/mol. The Balaban J connectivity index is 1.58. The highest BCUT2D eigenvalue weighted by molar-refractivity contribution is 7.80. The maximum absolute atomic E-state index is 13.2. The lowest BCUT2D eigenvalue weighted by molar-refractivity contribution is -0.122. The Kier molecular flexibility index (Phi) is 6.89. The normalized spacial score (nSPS) is 14.8. The molecular weight excluding hydrogens is 452 g/mol. The topological polar surface area (TPSA) is 88.1 Å². The maximum Gasteiger partial charge on any atom is 0.270 e. The van der Waals surface area contributed by atoms with Crippen molar-refractivity contribution >= 4 is 40.9 Å². The average Bonchev–Trinajstić information content (AvgIpc) is 2.83. The van der Waals surface area contributed by atoms with Crippen LogP contribution in [0.15, 0.2) is 78.4 Å². The molecule has 172 valence electrons. The first-order chi connectivity index (χ1) is 16.5. The van der Waals surface area contributed by atoms with E-state index in [1.54, 1.807) is 36.4 Å². The molecule has 0 atom stereocenters. The molecule has 0 aliphatic carbocycles. The molecule has 0 unspecified atom stereocenters. The van der Waals surface area contributed by atoms with Gasteiger partial charge in [0.25, 0.3) is 11.8 Å². The Morgan fingerprint density at radius 2 is 1.71 bits per heavy atom. The van der Waals surface area contributed by atoms with Gasteiger partial charge in [-0.2, -0.15) is 0 Å². The van der Waals surface area contributed by atoms with Crippen LogP contribution in [0.25, 0.3) is 6.08 Å². The summed E-state index contributed by atoms with van der Waals surface area (Å²) in [6, 6.07) is 20.8. The van der Waals surface area contributed by atoms with E-state index in [1.165, 1.54) is 17.0 Å². The number of carbonyl (C=O) groups excluding carboxylic acids is 2. The number of hydrogen-bond acceptors (Lipinski definition) is 6. The van der Waals surface area contributed by atoms with Gasteiger partial charge in [-0.25, -0.2) is 0 Å². The van der Waals surface area contributed by atoms with Gasteiger partial charge in [0, 0.05) is 0 Å². The van der Waals surface area contributed by atoms with Gasteiger partial charge in [-0.1, -0.05) is 31.2 Å². The summed E-state index contributed by atoms with van der Waals surface area (Å²) >= 11 is 5.27. The van der Waals surface area contributed by atoms with Crippen LogP contribution < -0.4 is 19.7 Å². The molecule has 0 spiro atoms. The number of thiocarbonyl (C=S) groups is 1. The molecule has 34 heavy (non-hydrogen) atoms. The first-order valence-corrected chi connectivity index (χ1v) is 11.1. The van der Waals surface area contributed by atoms with E-state index in [4.69, 9.17) is 21.7 Å². The zero-order valence-corrected chi connectivity index (χ0v) is 19.2. The van der Waals surface area contributed by atoms with E-state index in [2.05, 4.69) is 5.32 Å². The molecule has 4 rings (SSSR count). The van der Waals surface area contributed by atoms with Crippen molar-refractivity contribution in [2.45, 2.75) is 13.3 Å². The summed E-state index contributed by atoms with van der Waals surface area (Å²) in [4.78, 5) is 27.1. The standard InChI is InChI=1S/C26H22N2O5S/c1-2-14-32-23-16-17(8-13-22(23)29)15-21-24(30)27-26(34)28(25(21)31)18-9-11-20(12-10-18)33-19-6-4-3-5-7-19/h3-13,15-16,29H,2,14H2,1H3,(H,27,30,34)/b21-15+. The van der Waals surface area contributed by atoms with Crippen molar-refractivity contribution in [3.63, 3.8) is 0 Å². The molecule has 0 bridgehead atoms. The molecular formula is C26H22N2O5S. The number of ether oxygens (including phenoxy) is 2. The number of amides is 2. The number of phenols is 1. The lowest BCUT2D eigenvalue weighted by Gasteiger charge is -2.29. The smallest absolute Gasteiger partial charge is 0.270 e. The summed E-state index contributed by atoms with van der Waals surface area (Å²) in [6.45, 7) is 2.38. The number of nitrogens with one attached hydrogen (secondary N) is 1. The Bertz CT molecular complexity index is 1260. The van der Waals surface area contributed by atoms with Gasteiger partial charge < -0.3 is 14.6 Å². The van der Waals surface area contributed by atoms with Crippen molar-refractivity contribution in [3.05, 3.63) is 83.9 Å². The van der Waals surface area contributed by atoms with Crippen LogP contribution in [0, 0.1) is 0 Å². The molecule has 1 heterocycles. The molecule has 2 N–H and O–H groups in total. The second kappa shape index (κ2) is 10.2. The lowest BCUT2D eigenvalue weighted by atomic mass is 10.1. The fraction of sp³-hybridized carbons (Fsp3) is 0.115. The number of para-hydroxylation sites is 1. The number of benzene rings is 3. The number of aromatic hydroxyl groups is 1. The average molecular weight is 475 g/mol. The van der Waals surface area contributed by atoms with Crippen molar-refractivity contribution < 1.29 is 24.2 Å². The molecule has 1 saturated heterocycles. The summed E-state index contributed by atoms with van der Waals surface area (Å²) in [5.74, 6) is 0.383. The molecule has 0 radical (unpaired) electrons.